The monoisotopic (exact) mass is 352 g/mol. The van der Waals surface area contributed by atoms with E-state index in [1.807, 2.05) is 42.5 Å². The molecule has 0 bridgehead atoms. The Kier molecular flexibility index (Phi) is 6.25. The second-order valence-corrected chi connectivity index (χ2v) is 6.47. The standard InChI is InChI=1S/C21H24N2O3/c24-20(13-14-22-21(25)16-7-2-1-3-8-16)23-17-9-6-12-19(15-17)26-18-10-4-5-11-18/h1-3,6-9,12,15,18H,4-5,10-11,13-14H2,(H,22,25)(H,23,24). The van der Waals surface area contributed by atoms with Crippen LogP contribution in [0, 0.1) is 0 Å². The Morgan fingerprint density at radius 3 is 2.54 bits per heavy atom. The van der Waals surface area contributed by atoms with Crippen molar-refractivity contribution in [2.75, 3.05) is 11.9 Å². The number of hydrogen-bond acceptors (Lipinski definition) is 3. The van der Waals surface area contributed by atoms with Gasteiger partial charge in [0.05, 0.1) is 6.10 Å². The van der Waals surface area contributed by atoms with Crippen molar-refractivity contribution in [3.63, 3.8) is 0 Å². The molecule has 26 heavy (non-hydrogen) atoms. The summed E-state index contributed by atoms with van der Waals surface area (Å²) >= 11 is 0. The van der Waals surface area contributed by atoms with Gasteiger partial charge in [-0.1, -0.05) is 24.3 Å². The fraction of sp³-hybridized carbons (Fsp3) is 0.333. The summed E-state index contributed by atoms with van der Waals surface area (Å²) in [5, 5.41) is 5.60. The highest BCUT2D eigenvalue weighted by Gasteiger charge is 2.16. The minimum Gasteiger partial charge on any atom is -0.490 e. The van der Waals surface area contributed by atoms with E-state index in [9.17, 15) is 9.59 Å². The first kappa shape index (κ1) is 18.0. The van der Waals surface area contributed by atoms with E-state index in [0.29, 0.717) is 11.3 Å². The molecule has 0 saturated heterocycles. The zero-order valence-corrected chi connectivity index (χ0v) is 14.7. The Hall–Kier alpha value is -2.82. The molecule has 136 valence electrons. The predicted molar refractivity (Wildman–Crippen MR) is 101 cm³/mol. The number of amides is 2. The van der Waals surface area contributed by atoms with Gasteiger partial charge in [0.25, 0.3) is 5.91 Å². The lowest BCUT2D eigenvalue weighted by molar-refractivity contribution is -0.116. The van der Waals surface area contributed by atoms with E-state index in [4.69, 9.17) is 4.74 Å². The molecule has 0 spiro atoms. The number of anilines is 1. The van der Waals surface area contributed by atoms with Crippen LogP contribution in [0.1, 0.15) is 42.5 Å². The highest BCUT2D eigenvalue weighted by molar-refractivity contribution is 5.95. The van der Waals surface area contributed by atoms with Crippen molar-refractivity contribution >= 4 is 17.5 Å². The van der Waals surface area contributed by atoms with E-state index in [0.717, 1.165) is 18.6 Å². The minimum absolute atomic E-state index is 0.142. The van der Waals surface area contributed by atoms with Crippen LogP contribution in [0.4, 0.5) is 5.69 Å². The van der Waals surface area contributed by atoms with Crippen molar-refractivity contribution in [1.29, 1.82) is 0 Å². The maximum Gasteiger partial charge on any atom is 0.251 e. The Morgan fingerprint density at radius 1 is 1.00 bits per heavy atom. The number of hydrogen-bond donors (Lipinski definition) is 2. The van der Waals surface area contributed by atoms with Gasteiger partial charge in [0.2, 0.25) is 5.91 Å². The average Bonchev–Trinajstić information content (AvgIpc) is 3.15. The third-order valence-corrected chi connectivity index (χ3v) is 4.40. The lowest BCUT2D eigenvalue weighted by atomic mass is 10.2. The van der Waals surface area contributed by atoms with Gasteiger partial charge in [-0.15, -0.1) is 0 Å². The third-order valence-electron chi connectivity index (χ3n) is 4.40. The normalized spacial score (nSPS) is 14.0. The van der Waals surface area contributed by atoms with Gasteiger partial charge in [-0.05, 0) is 49.9 Å². The lowest BCUT2D eigenvalue weighted by Crippen LogP contribution is -2.27. The van der Waals surface area contributed by atoms with Gasteiger partial charge in [0, 0.05) is 30.3 Å². The zero-order chi connectivity index (χ0) is 18.2. The van der Waals surface area contributed by atoms with Crippen LogP contribution in [-0.4, -0.2) is 24.5 Å². The summed E-state index contributed by atoms with van der Waals surface area (Å²) in [6.45, 7) is 0.290. The molecule has 0 heterocycles. The second kappa shape index (κ2) is 9.04. The average molecular weight is 352 g/mol. The van der Waals surface area contributed by atoms with Crippen molar-refractivity contribution in [1.82, 2.24) is 5.32 Å². The first-order valence-corrected chi connectivity index (χ1v) is 9.10. The molecule has 1 saturated carbocycles. The molecule has 3 rings (SSSR count). The van der Waals surface area contributed by atoms with Gasteiger partial charge in [-0.25, -0.2) is 0 Å². The van der Waals surface area contributed by atoms with E-state index in [1.165, 1.54) is 12.8 Å². The number of carbonyl (C=O) groups excluding carboxylic acids is 2. The van der Waals surface area contributed by atoms with Crippen LogP contribution in [-0.2, 0) is 4.79 Å². The number of nitrogens with one attached hydrogen (secondary N) is 2. The van der Waals surface area contributed by atoms with Gasteiger partial charge in [-0.3, -0.25) is 9.59 Å². The fourth-order valence-corrected chi connectivity index (χ4v) is 3.05. The molecular formula is C21H24N2O3. The third kappa shape index (κ3) is 5.34. The topological polar surface area (TPSA) is 67.4 Å². The smallest absolute Gasteiger partial charge is 0.251 e. The molecule has 1 fully saturated rings. The molecule has 1 aliphatic carbocycles. The molecule has 5 heteroatoms. The number of ether oxygens (including phenoxy) is 1. The molecule has 0 aliphatic heterocycles. The minimum atomic E-state index is -0.176. The van der Waals surface area contributed by atoms with Crippen molar-refractivity contribution < 1.29 is 14.3 Å². The van der Waals surface area contributed by atoms with E-state index in [2.05, 4.69) is 10.6 Å². The van der Waals surface area contributed by atoms with Gasteiger partial charge in [-0.2, -0.15) is 0 Å². The summed E-state index contributed by atoms with van der Waals surface area (Å²) in [5.41, 5.74) is 1.30. The van der Waals surface area contributed by atoms with Gasteiger partial charge in [0.1, 0.15) is 5.75 Å². The molecule has 0 aromatic heterocycles. The quantitative estimate of drug-likeness (QED) is 0.797. The first-order valence-electron chi connectivity index (χ1n) is 9.10. The maximum absolute atomic E-state index is 12.1. The van der Waals surface area contributed by atoms with E-state index in [1.54, 1.807) is 12.1 Å². The van der Waals surface area contributed by atoms with E-state index in [-0.39, 0.29) is 30.9 Å². The van der Waals surface area contributed by atoms with Crippen LogP contribution >= 0.6 is 0 Å². The summed E-state index contributed by atoms with van der Waals surface area (Å²) in [6.07, 6.45) is 5.13. The fourth-order valence-electron chi connectivity index (χ4n) is 3.05. The SMILES string of the molecule is O=C(CCNC(=O)c1ccccc1)Nc1cccc(OC2CCCC2)c1. The van der Waals surface area contributed by atoms with Crippen LogP contribution in [0.2, 0.25) is 0 Å². The summed E-state index contributed by atoms with van der Waals surface area (Å²) in [5.74, 6) is 0.466. The molecule has 2 amide bonds. The molecule has 1 aliphatic rings. The molecule has 2 aromatic carbocycles. The summed E-state index contributed by atoms with van der Waals surface area (Å²) < 4.78 is 5.95. The summed E-state index contributed by atoms with van der Waals surface area (Å²) in [4.78, 5) is 24.0. The molecular weight excluding hydrogens is 328 g/mol. The molecule has 5 nitrogen and oxygen atoms in total. The van der Waals surface area contributed by atoms with Crippen molar-refractivity contribution in [2.24, 2.45) is 0 Å². The van der Waals surface area contributed by atoms with Crippen LogP contribution < -0.4 is 15.4 Å². The molecule has 0 radical (unpaired) electrons. The van der Waals surface area contributed by atoms with Crippen LogP contribution in [0.5, 0.6) is 5.75 Å². The number of benzene rings is 2. The maximum atomic E-state index is 12.1. The highest BCUT2D eigenvalue weighted by Crippen LogP contribution is 2.25. The zero-order valence-electron chi connectivity index (χ0n) is 14.7. The Balaban J connectivity index is 1.43. The highest BCUT2D eigenvalue weighted by atomic mass is 16.5. The van der Waals surface area contributed by atoms with E-state index >= 15 is 0 Å². The summed E-state index contributed by atoms with van der Waals surface area (Å²) in [7, 11) is 0. The van der Waals surface area contributed by atoms with Crippen LogP contribution in [0.15, 0.2) is 54.6 Å². The molecule has 0 unspecified atom stereocenters. The Labute approximate surface area is 153 Å². The Morgan fingerprint density at radius 2 is 1.77 bits per heavy atom. The predicted octanol–water partition coefficient (Wildman–Crippen LogP) is 3.77. The number of carbonyl (C=O) groups is 2. The van der Waals surface area contributed by atoms with Crippen LogP contribution in [0.25, 0.3) is 0 Å². The molecule has 2 N–H and O–H groups in total. The van der Waals surface area contributed by atoms with Crippen molar-refractivity contribution in [2.45, 2.75) is 38.2 Å². The molecule has 0 atom stereocenters. The van der Waals surface area contributed by atoms with Crippen LogP contribution in [0.3, 0.4) is 0 Å². The van der Waals surface area contributed by atoms with Crippen molar-refractivity contribution in [3.05, 3.63) is 60.2 Å². The molecule has 2 aromatic rings. The lowest BCUT2D eigenvalue weighted by Gasteiger charge is -2.14. The second-order valence-electron chi connectivity index (χ2n) is 6.47. The van der Waals surface area contributed by atoms with Gasteiger partial charge < -0.3 is 15.4 Å². The largest absolute Gasteiger partial charge is 0.490 e. The van der Waals surface area contributed by atoms with Gasteiger partial charge in [0.15, 0.2) is 0 Å². The van der Waals surface area contributed by atoms with Crippen molar-refractivity contribution in [3.8, 4) is 5.75 Å². The summed E-state index contributed by atoms with van der Waals surface area (Å²) in [6, 6.07) is 16.4. The number of rotatable bonds is 7. The Bertz CT molecular complexity index is 740. The van der Waals surface area contributed by atoms with E-state index < -0.39 is 0 Å². The van der Waals surface area contributed by atoms with Gasteiger partial charge >= 0.3 is 0 Å². The first-order chi connectivity index (χ1) is 12.7.